The SMILES string of the molecule is Cc1ccc(N)cc1NC(=O)c1ccc(Cl)cc1O. The van der Waals surface area contributed by atoms with E-state index in [0.29, 0.717) is 16.4 Å². The van der Waals surface area contributed by atoms with Crippen LogP contribution in [0.5, 0.6) is 5.75 Å². The third-order valence-corrected chi connectivity index (χ3v) is 2.95. The highest BCUT2D eigenvalue weighted by atomic mass is 35.5. The second kappa shape index (κ2) is 5.20. The van der Waals surface area contributed by atoms with Crippen molar-refractivity contribution in [1.29, 1.82) is 0 Å². The number of nitrogens with two attached hydrogens (primary N) is 1. The highest BCUT2D eigenvalue weighted by Crippen LogP contribution is 2.24. The van der Waals surface area contributed by atoms with Crippen LogP contribution in [0.2, 0.25) is 5.02 Å². The Hall–Kier alpha value is -2.20. The molecular formula is C14H13ClN2O2. The van der Waals surface area contributed by atoms with Gasteiger partial charge in [-0.2, -0.15) is 0 Å². The van der Waals surface area contributed by atoms with Crippen LogP contribution < -0.4 is 11.1 Å². The van der Waals surface area contributed by atoms with E-state index in [1.54, 1.807) is 18.2 Å². The summed E-state index contributed by atoms with van der Waals surface area (Å²) in [4.78, 5) is 12.1. The van der Waals surface area contributed by atoms with Crippen molar-refractivity contribution in [2.75, 3.05) is 11.1 Å². The maximum atomic E-state index is 12.1. The Kier molecular flexibility index (Phi) is 3.62. The van der Waals surface area contributed by atoms with Gasteiger partial charge in [0.05, 0.1) is 5.56 Å². The minimum atomic E-state index is -0.414. The first-order valence-electron chi connectivity index (χ1n) is 5.63. The standard InChI is InChI=1S/C14H13ClN2O2/c1-8-2-4-10(16)7-12(8)17-14(19)11-5-3-9(15)6-13(11)18/h2-7,18H,16H2,1H3,(H,17,19). The lowest BCUT2D eigenvalue weighted by Crippen LogP contribution is -2.13. The van der Waals surface area contributed by atoms with Crippen molar-refractivity contribution in [3.05, 3.63) is 52.5 Å². The number of hydrogen-bond acceptors (Lipinski definition) is 3. The maximum absolute atomic E-state index is 12.1. The van der Waals surface area contributed by atoms with Crippen molar-refractivity contribution in [3.8, 4) is 5.75 Å². The number of phenolic OH excluding ortho intramolecular Hbond substituents is 1. The van der Waals surface area contributed by atoms with Crippen LogP contribution in [0.3, 0.4) is 0 Å². The summed E-state index contributed by atoms with van der Waals surface area (Å²) < 4.78 is 0. The maximum Gasteiger partial charge on any atom is 0.259 e. The Morgan fingerprint density at radius 2 is 2.00 bits per heavy atom. The lowest BCUT2D eigenvalue weighted by atomic mass is 10.1. The first-order valence-corrected chi connectivity index (χ1v) is 6.01. The molecular weight excluding hydrogens is 264 g/mol. The van der Waals surface area contributed by atoms with E-state index in [2.05, 4.69) is 5.32 Å². The van der Waals surface area contributed by atoms with Gasteiger partial charge in [-0.15, -0.1) is 0 Å². The molecule has 98 valence electrons. The Bertz CT molecular complexity index is 641. The molecule has 2 aromatic rings. The summed E-state index contributed by atoms with van der Waals surface area (Å²) in [6, 6.07) is 9.57. The lowest BCUT2D eigenvalue weighted by molar-refractivity contribution is 0.102. The number of aromatic hydroxyl groups is 1. The summed E-state index contributed by atoms with van der Waals surface area (Å²) in [5.41, 5.74) is 7.88. The van der Waals surface area contributed by atoms with Gasteiger partial charge in [-0.3, -0.25) is 4.79 Å². The van der Waals surface area contributed by atoms with Crippen LogP contribution in [0.4, 0.5) is 11.4 Å². The molecule has 0 fully saturated rings. The molecule has 0 aliphatic heterocycles. The lowest BCUT2D eigenvalue weighted by Gasteiger charge is -2.10. The van der Waals surface area contributed by atoms with Crippen molar-refractivity contribution in [2.45, 2.75) is 6.92 Å². The van der Waals surface area contributed by atoms with Gasteiger partial charge >= 0.3 is 0 Å². The van der Waals surface area contributed by atoms with Crippen LogP contribution in [-0.4, -0.2) is 11.0 Å². The van der Waals surface area contributed by atoms with E-state index in [0.717, 1.165) is 5.56 Å². The molecule has 0 saturated heterocycles. The molecule has 2 aromatic carbocycles. The van der Waals surface area contributed by atoms with Crippen molar-refractivity contribution in [3.63, 3.8) is 0 Å². The molecule has 0 bridgehead atoms. The number of carbonyl (C=O) groups excluding carboxylic acids is 1. The molecule has 0 spiro atoms. The van der Waals surface area contributed by atoms with Crippen molar-refractivity contribution in [1.82, 2.24) is 0 Å². The number of aryl methyl sites for hydroxylation is 1. The number of amides is 1. The zero-order valence-corrected chi connectivity index (χ0v) is 11.0. The third kappa shape index (κ3) is 2.98. The van der Waals surface area contributed by atoms with E-state index < -0.39 is 5.91 Å². The predicted octanol–water partition coefficient (Wildman–Crippen LogP) is 3.19. The van der Waals surface area contributed by atoms with Crippen LogP contribution in [-0.2, 0) is 0 Å². The fraction of sp³-hybridized carbons (Fsp3) is 0.0714. The average molecular weight is 277 g/mol. The number of anilines is 2. The third-order valence-electron chi connectivity index (χ3n) is 2.71. The number of halogens is 1. The molecule has 0 heterocycles. The summed E-state index contributed by atoms with van der Waals surface area (Å²) in [6.07, 6.45) is 0. The van der Waals surface area contributed by atoms with Crippen LogP contribution in [0.1, 0.15) is 15.9 Å². The minimum absolute atomic E-state index is 0.159. The van der Waals surface area contributed by atoms with Gasteiger partial charge in [0, 0.05) is 16.4 Å². The number of rotatable bonds is 2. The van der Waals surface area contributed by atoms with Gasteiger partial charge in [0.1, 0.15) is 5.75 Å². The zero-order chi connectivity index (χ0) is 14.0. The van der Waals surface area contributed by atoms with Gasteiger partial charge in [-0.25, -0.2) is 0 Å². The second-order valence-electron chi connectivity index (χ2n) is 4.19. The van der Waals surface area contributed by atoms with E-state index in [1.807, 2.05) is 13.0 Å². The quantitative estimate of drug-likeness (QED) is 0.737. The molecule has 0 atom stereocenters. The van der Waals surface area contributed by atoms with Crippen LogP contribution >= 0.6 is 11.6 Å². The molecule has 2 rings (SSSR count). The number of nitrogen functional groups attached to an aromatic ring is 1. The van der Waals surface area contributed by atoms with Crippen LogP contribution in [0.15, 0.2) is 36.4 Å². The smallest absolute Gasteiger partial charge is 0.259 e. The van der Waals surface area contributed by atoms with Gasteiger partial charge in [0.25, 0.3) is 5.91 Å². The van der Waals surface area contributed by atoms with Crippen LogP contribution in [0, 0.1) is 6.92 Å². The Labute approximate surface area is 115 Å². The molecule has 0 aliphatic carbocycles. The molecule has 0 unspecified atom stereocenters. The Balaban J connectivity index is 2.28. The first kappa shape index (κ1) is 13.2. The average Bonchev–Trinajstić information content (AvgIpc) is 2.33. The number of nitrogens with one attached hydrogen (secondary N) is 1. The molecule has 0 aromatic heterocycles. The molecule has 19 heavy (non-hydrogen) atoms. The van der Waals surface area contributed by atoms with Crippen molar-refractivity contribution >= 4 is 28.9 Å². The van der Waals surface area contributed by atoms with Crippen LogP contribution in [0.25, 0.3) is 0 Å². The van der Waals surface area contributed by atoms with E-state index in [1.165, 1.54) is 12.1 Å². The van der Waals surface area contributed by atoms with E-state index in [4.69, 9.17) is 17.3 Å². The fourth-order valence-electron chi connectivity index (χ4n) is 1.66. The number of phenols is 1. The first-order chi connectivity index (χ1) is 8.97. The Morgan fingerprint density at radius 1 is 1.26 bits per heavy atom. The summed E-state index contributed by atoms with van der Waals surface area (Å²) >= 11 is 5.72. The predicted molar refractivity (Wildman–Crippen MR) is 76.7 cm³/mol. The number of benzene rings is 2. The fourth-order valence-corrected chi connectivity index (χ4v) is 1.83. The van der Waals surface area contributed by atoms with Gasteiger partial charge in [0.2, 0.25) is 0 Å². The molecule has 4 N–H and O–H groups in total. The van der Waals surface area contributed by atoms with Gasteiger partial charge < -0.3 is 16.2 Å². The molecule has 0 aliphatic rings. The largest absolute Gasteiger partial charge is 0.507 e. The van der Waals surface area contributed by atoms with Crippen molar-refractivity contribution < 1.29 is 9.90 Å². The molecule has 0 saturated carbocycles. The molecule has 0 radical (unpaired) electrons. The van der Waals surface area contributed by atoms with Gasteiger partial charge in [-0.05, 0) is 42.8 Å². The van der Waals surface area contributed by atoms with E-state index >= 15 is 0 Å². The van der Waals surface area contributed by atoms with Gasteiger partial charge in [0.15, 0.2) is 0 Å². The second-order valence-corrected chi connectivity index (χ2v) is 4.63. The summed E-state index contributed by atoms with van der Waals surface area (Å²) in [5.74, 6) is -0.575. The summed E-state index contributed by atoms with van der Waals surface area (Å²) in [7, 11) is 0. The number of hydrogen-bond donors (Lipinski definition) is 3. The highest BCUT2D eigenvalue weighted by Gasteiger charge is 2.12. The molecule has 4 nitrogen and oxygen atoms in total. The Morgan fingerprint density at radius 3 is 2.68 bits per heavy atom. The highest BCUT2D eigenvalue weighted by molar-refractivity contribution is 6.31. The van der Waals surface area contributed by atoms with Gasteiger partial charge in [-0.1, -0.05) is 17.7 Å². The van der Waals surface area contributed by atoms with E-state index in [9.17, 15) is 9.90 Å². The molecule has 5 heteroatoms. The topological polar surface area (TPSA) is 75.3 Å². The van der Waals surface area contributed by atoms with Crippen molar-refractivity contribution in [2.24, 2.45) is 0 Å². The molecule has 1 amide bonds. The van der Waals surface area contributed by atoms with E-state index in [-0.39, 0.29) is 11.3 Å². The zero-order valence-electron chi connectivity index (χ0n) is 10.3. The minimum Gasteiger partial charge on any atom is -0.507 e. The normalized spacial score (nSPS) is 10.2. The number of carbonyl (C=O) groups is 1. The monoisotopic (exact) mass is 276 g/mol. The summed E-state index contributed by atoms with van der Waals surface area (Å²) in [6.45, 7) is 1.86. The summed E-state index contributed by atoms with van der Waals surface area (Å²) in [5, 5.41) is 12.8.